The van der Waals surface area contributed by atoms with Crippen LogP contribution in [-0.2, 0) is 19.2 Å². The van der Waals surface area contributed by atoms with Crippen molar-refractivity contribution in [1.82, 2.24) is 15.5 Å². The van der Waals surface area contributed by atoms with Crippen LogP contribution in [0.25, 0.3) is 0 Å². The van der Waals surface area contributed by atoms with E-state index in [0.717, 1.165) is 0 Å². The molecule has 11 heteroatoms. The fourth-order valence-corrected chi connectivity index (χ4v) is 3.47. The average Bonchev–Trinajstić information content (AvgIpc) is 3.12. The number of hydrogen-bond acceptors (Lipinski definition) is 7. The van der Waals surface area contributed by atoms with E-state index in [1.165, 1.54) is 23.6 Å². The summed E-state index contributed by atoms with van der Waals surface area (Å²) in [6.45, 7) is 1.84. The fourth-order valence-electron chi connectivity index (χ4n) is 2.75. The number of carbonyl (C=O) groups excluding carboxylic acids is 3. The highest BCUT2D eigenvalue weighted by Gasteiger charge is 2.37. The van der Waals surface area contributed by atoms with Gasteiger partial charge in [-0.15, -0.1) is 0 Å². The summed E-state index contributed by atoms with van der Waals surface area (Å²) in [5.74, 6) is -1.88. The van der Waals surface area contributed by atoms with Crippen LogP contribution in [0.1, 0.15) is 26.2 Å². The largest absolute Gasteiger partial charge is 0.480 e. The van der Waals surface area contributed by atoms with Gasteiger partial charge in [-0.2, -0.15) is 24.4 Å². The highest BCUT2D eigenvalue weighted by molar-refractivity contribution is 7.98. The van der Waals surface area contributed by atoms with Crippen LogP contribution in [0.2, 0.25) is 0 Å². The molecule has 0 saturated carbocycles. The van der Waals surface area contributed by atoms with Crippen LogP contribution in [0.15, 0.2) is 0 Å². The number of aliphatic carboxylic acids is 1. The summed E-state index contributed by atoms with van der Waals surface area (Å²) >= 11 is 5.64. The highest BCUT2D eigenvalue weighted by Crippen LogP contribution is 2.19. The number of carbonyl (C=O) groups is 4. The van der Waals surface area contributed by atoms with E-state index in [0.29, 0.717) is 31.6 Å². The predicted molar refractivity (Wildman–Crippen MR) is 107 cm³/mol. The highest BCUT2D eigenvalue weighted by atomic mass is 32.2. The number of carboxylic acids is 1. The molecule has 0 aromatic rings. The van der Waals surface area contributed by atoms with Crippen LogP contribution >= 0.6 is 24.4 Å². The van der Waals surface area contributed by atoms with Crippen molar-refractivity contribution in [2.24, 2.45) is 5.73 Å². The first-order valence-electron chi connectivity index (χ1n) is 8.72. The number of amides is 3. The summed E-state index contributed by atoms with van der Waals surface area (Å²) in [7, 11) is 0. The molecular weight excluding hydrogens is 392 g/mol. The van der Waals surface area contributed by atoms with Crippen LogP contribution in [-0.4, -0.2) is 82.2 Å². The lowest BCUT2D eigenvalue weighted by Gasteiger charge is -2.28. The molecule has 1 fully saturated rings. The number of thiol groups is 1. The predicted octanol–water partition coefficient (Wildman–Crippen LogP) is -0.938. The number of nitrogens with zero attached hydrogens (tertiary/aromatic N) is 1. The lowest BCUT2D eigenvalue weighted by molar-refractivity contribution is -0.149. The average molecular weight is 421 g/mol. The molecule has 9 nitrogen and oxygen atoms in total. The number of hydrogen-bond donors (Lipinski definition) is 5. The summed E-state index contributed by atoms with van der Waals surface area (Å²) < 4.78 is 0. The molecule has 0 bridgehead atoms. The van der Waals surface area contributed by atoms with Gasteiger partial charge in [0.05, 0.1) is 6.04 Å². The van der Waals surface area contributed by atoms with Gasteiger partial charge in [0.15, 0.2) is 0 Å². The number of nitrogens with two attached hydrogens (primary N) is 1. The van der Waals surface area contributed by atoms with Crippen molar-refractivity contribution in [3.63, 3.8) is 0 Å². The zero-order valence-corrected chi connectivity index (χ0v) is 17.2. The van der Waals surface area contributed by atoms with Crippen LogP contribution < -0.4 is 16.4 Å². The van der Waals surface area contributed by atoms with Gasteiger partial charge in [0.1, 0.15) is 18.1 Å². The lowest BCUT2D eigenvalue weighted by Crippen LogP contribution is -2.57. The Balaban J connectivity index is 2.81. The third-order valence-electron chi connectivity index (χ3n) is 4.28. The Morgan fingerprint density at radius 3 is 2.41 bits per heavy atom. The summed E-state index contributed by atoms with van der Waals surface area (Å²) in [6, 6.07) is -3.45. The number of thioether (sulfide) groups is 1. The van der Waals surface area contributed by atoms with E-state index < -0.39 is 47.9 Å². The van der Waals surface area contributed by atoms with E-state index in [4.69, 9.17) is 5.73 Å². The minimum Gasteiger partial charge on any atom is -0.480 e. The van der Waals surface area contributed by atoms with Crippen LogP contribution in [0.3, 0.4) is 0 Å². The minimum atomic E-state index is -1.06. The van der Waals surface area contributed by atoms with Crippen molar-refractivity contribution < 1.29 is 24.3 Å². The molecular formula is C16H28N4O5S2. The van der Waals surface area contributed by atoms with Crippen molar-refractivity contribution in [3.8, 4) is 0 Å². The fraction of sp³-hybridized carbons (Fsp3) is 0.750. The van der Waals surface area contributed by atoms with E-state index >= 15 is 0 Å². The van der Waals surface area contributed by atoms with Crippen molar-refractivity contribution >= 4 is 48.1 Å². The molecule has 0 aromatic carbocycles. The van der Waals surface area contributed by atoms with Crippen molar-refractivity contribution in [1.29, 1.82) is 0 Å². The molecule has 0 aromatic heterocycles. The molecule has 3 amide bonds. The third-order valence-corrected chi connectivity index (χ3v) is 5.28. The molecule has 5 N–H and O–H groups in total. The van der Waals surface area contributed by atoms with Gasteiger partial charge in [-0.3, -0.25) is 14.4 Å². The Hall–Kier alpha value is -1.46. The molecule has 1 heterocycles. The normalized spacial score (nSPS) is 19.9. The number of rotatable bonds is 10. The lowest BCUT2D eigenvalue weighted by atomic mass is 10.1. The zero-order chi connectivity index (χ0) is 20.6. The van der Waals surface area contributed by atoms with Crippen LogP contribution in [0, 0.1) is 0 Å². The van der Waals surface area contributed by atoms with Gasteiger partial charge in [0.2, 0.25) is 17.7 Å². The Morgan fingerprint density at radius 2 is 1.89 bits per heavy atom. The van der Waals surface area contributed by atoms with E-state index in [1.54, 1.807) is 0 Å². The van der Waals surface area contributed by atoms with Gasteiger partial charge >= 0.3 is 5.97 Å². The standard InChI is InChI=1S/C16H28N4O5S2/c1-9(17)13(21)18-10(5-7-27-2)14(22)19-11(8-26)15(23)20-6-3-4-12(20)16(24)25/h9-12,26H,3-8,17H2,1-2H3,(H,18,21)(H,19,22)(H,24,25). The second kappa shape index (κ2) is 11.4. The first-order valence-corrected chi connectivity index (χ1v) is 10.7. The first kappa shape index (κ1) is 23.6. The smallest absolute Gasteiger partial charge is 0.326 e. The van der Waals surface area contributed by atoms with Crippen LogP contribution in [0.5, 0.6) is 0 Å². The molecule has 154 valence electrons. The quantitative estimate of drug-likeness (QED) is 0.287. The summed E-state index contributed by atoms with van der Waals surface area (Å²) in [5.41, 5.74) is 5.54. The second-order valence-electron chi connectivity index (χ2n) is 6.40. The van der Waals surface area contributed by atoms with Gasteiger partial charge in [-0.25, -0.2) is 4.79 Å². The molecule has 0 radical (unpaired) electrons. The van der Waals surface area contributed by atoms with Gasteiger partial charge < -0.3 is 26.4 Å². The number of likely N-dealkylation sites (tertiary alicyclic amines) is 1. The Morgan fingerprint density at radius 1 is 1.26 bits per heavy atom. The summed E-state index contributed by atoms with van der Waals surface area (Å²) in [5, 5.41) is 14.4. The molecule has 4 atom stereocenters. The van der Waals surface area contributed by atoms with Crippen LogP contribution in [0.4, 0.5) is 0 Å². The van der Waals surface area contributed by atoms with E-state index in [9.17, 15) is 24.3 Å². The summed E-state index contributed by atoms with van der Waals surface area (Å²) in [6.07, 6.45) is 3.23. The van der Waals surface area contributed by atoms with E-state index in [2.05, 4.69) is 23.3 Å². The molecule has 0 aliphatic carbocycles. The SMILES string of the molecule is CSCCC(NC(=O)C(C)N)C(=O)NC(CS)C(=O)N1CCCC1C(=O)O. The molecule has 1 aliphatic heterocycles. The molecule has 4 unspecified atom stereocenters. The number of nitrogens with one attached hydrogen (secondary N) is 2. The maximum absolute atomic E-state index is 12.7. The Labute approximate surface area is 168 Å². The van der Waals surface area contributed by atoms with Gasteiger partial charge in [0, 0.05) is 12.3 Å². The van der Waals surface area contributed by atoms with Crippen molar-refractivity contribution in [2.45, 2.75) is 50.4 Å². The van der Waals surface area contributed by atoms with E-state index in [-0.39, 0.29) is 5.75 Å². The molecule has 0 spiro atoms. The van der Waals surface area contributed by atoms with Gasteiger partial charge in [-0.05, 0) is 38.2 Å². The monoisotopic (exact) mass is 420 g/mol. The topological polar surface area (TPSA) is 142 Å². The second-order valence-corrected chi connectivity index (χ2v) is 7.75. The maximum atomic E-state index is 12.7. The van der Waals surface area contributed by atoms with Crippen molar-refractivity contribution in [3.05, 3.63) is 0 Å². The van der Waals surface area contributed by atoms with Gasteiger partial charge in [0.25, 0.3) is 0 Å². The first-order chi connectivity index (χ1) is 12.7. The Kier molecular flexibility index (Phi) is 9.95. The minimum absolute atomic E-state index is 0.0178. The molecule has 1 aliphatic rings. The maximum Gasteiger partial charge on any atom is 0.326 e. The zero-order valence-electron chi connectivity index (χ0n) is 15.5. The molecule has 27 heavy (non-hydrogen) atoms. The van der Waals surface area contributed by atoms with E-state index in [1.807, 2.05) is 6.26 Å². The number of carboxylic acid groups (broad SMARTS) is 1. The Bertz CT molecular complexity index is 561. The third kappa shape index (κ3) is 6.89. The molecule has 1 saturated heterocycles. The molecule has 1 rings (SSSR count). The van der Waals surface area contributed by atoms with Crippen molar-refractivity contribution in [2.75, 3.05) is 24.3 Å². The summed E-state index contributed by atoms with van der Waals surface area (Å²) in [4.78, 5) is 49.7. The van der Waals surface area contributed by atoms with Gasteiger partial charge in [-0.1, -0.05) is 0 Å².